The number of nitro groups is 1. The van der Waals surface area contributed by atoms with Gasteiger partial charge >= 0.3 is 0 Å². The van der Waals surface area contributed by atoms with E-state index < -0.39 is 20.9 Å². The monoisotopic (exact) mass is 477 g/mol. The predicted molar refractivity (Wildman–Crippen MR) is 122 cm³/mol. The third-order valence-corrected chi connectivity index (χ3v) is 7.11. The van der Waals surface area contributed by atoms with Crippen LogP contribution < -0.4 is 14.8 Å². The normalized spacial score (nSPS) is 14.5. The Kier molecular flexibility index (Phi) is 7.88. The number of nitrogens with zero attached hydrogens (tertiary/aromatic N) is 2. The summed E-state index contributed by atoms with van der Waals surface area (Å²) >= 11 is 0. The van der Waals surface area contributed by atoms with Crippen LogP contribution in [0.15, 0.2) is 41.3 Å². The van der Waals surface area contributed by atoms with Crippen molar-refractivity contribution in [1.82, 2.24) is 4.31 Å². The lowest BCUT2D eigenvalue weighted by atomic mass is 10.2. The van der Waals surface area contributed by atoms with Crippen molar-refractivity contribution in [3.8, 4) is 11.5 Å². The van der Waals surface area contributed by atoms with Crippen LogP contribution in [0.25, 0.3) is 0 Å². The van der Waals surface area contributed by atoms with E-state index in [0.29, 0.717) is 36.7 Å². The summed E-state index contributed by atoms with van der Waals surface area (Å²) in [6, 6.07) is 8.68. The summed E-state index contributed by atoms with van der Waals surface area (Å²) in [7, 11) is -3.77. The average Bonchev–Trinajstić information content (AvgIpc) is 2.79. The molecule has 0 radical (unpaired) electrons. The van der Waals surface area contributed by atoms with Crippen molar-refractivity contribution in [2.24, 2.45) is 0 Å². The van der Waals surface area contributed by atoms with Crippen LogP contribution in [0, 0.1) is 17.0 Å². The molecule has 0 bridgehead atoms. The molecule has 2 aromatic carbocycles. The number of carbonyl (C=O) groups excluding carboxylic acids is 1. The molecular formula is C22H27N3O7S. The van der Waals surface area contributed by atoms with Crippen molar-refractivity contribution in [1.29, 1.82) is 0 Å². The molecule has 33 heavy (non-hydrogen) atoms. The molecule has 1 N–H and O–H groups in total. The molecule has 10 nitrogen and oxygen atoms in total. The van der Waals surface area contributed by atoms with Crippen molar-refractivity contribution < 1.29 is 27.6 Å². The summed E-state index contributed by atoms with van der Waals surface area (Å²) in [4.78, 5) is 22.8. The fourth-order valence-corrected chi connectivity index (χ4v) is 5.25. The molecule has 2 aromatic rings. The van der Waals surface area contributed by atoms with Crippen LogP contribution >= 0.6 is 0 Å². The molecule has 0 atom stereocenters. The lowest BCUT2D eigenvalue weighted by Crippen LogP contribution is -2.35. The van der Waals surface area contributed by atoms with E-state index in [9.17, 15) is 23.3 Å². The largest absolute Gasteiger partial charge is 0.492 e. The number of hydrogen-bond acceptors (Lipinski definition) is 7. The number of hydrogen-bond donors (Lipinski definition) is 1. The third kappa shape index (κ3) is 5.99. The van der Waals surface area contributed by atoms with Gasteiger partial charge in [0.1, 0.15) is 16.4 Å². The van der Waals surface area contributed by atoms with Gasteiger partial charge in [0.2, 0.25) is 10.0 Å². The van der Waals surface area contributed by atoms with Gasteiger partial charge in [-0.25, -0.2) is 8.42 Å². The summed E-state index contributed by atoms with van der Waals surface area (Å²) in [5, 5.41) is 13.5. The van der Waals surface area contributed by atoms with Gasteiger partial charge in [0.05, 0.1) is 11.5 Å². The van der Waals surface area contributed by atoms with E-state index >= 15 is 0 Å². The zero-order valence-corrected chi connectivity index (χ0v) is 19.4. The van der Waals surface area contributed by atoms with Crippen molar-refractivity contribution >= 4 is 27.3 Å². The quantitative estimate of drug-likeness (QED) is 0.432. The van der Waals surface area contributed by atoms with Crippen LogP contribution in [0.1, 0.15) is 31.7 Å². The SMILES string of the molecule is CCOc1ccc(NC(=O)COc2ccc([N+](=O)[O-])c(C)c2)cc1S(=O)(=O)N1CCCCC1. The number of anilines is 1. The summed E-state index contributed by atoms with van der Waals surface area (Å²) in [6.07, 6.45) is 2.60. The second-order valence-electron chi connectivity index (χ2n) is 7.60. The fourth-order valence-electron chi connectivity index (χ4n) is 3.58. The molecule has 1 aliphatic rings. The highest BCUT2D eigenvalue weighted by molar-refractivity contribution is 7.89. The molecule has 0 aromatic heterocycles. The smallest absolute Gasteiger partial charge is 0.272 e. The van der Waals surface area contributed by atoms with Crippen LogP contribution in [-0.4, -0.2) is 49.9 Å². The Morgan fingerprint density at radius 1 is 1.12 bits per heavy atom. The van der Waals surface area contributed by atoms with Gasteiger partial charge in [0, 0.05) is 30.4 Å². The first-order valence-corrected chi connectivity index (χ1v) is 12.1. The molecule has 1 amide bonds. The highest BCUT2D eigenvalue weighted by Gasteiger charge is 2.29. The zero-order valence-electron chi connectivity index (χ0n) is 18.6. The van der Waals surface area contributed by atoms with Crippen molar-refractivity contribution in [3.63, 3.8) is 0 Å². The Balaban J connectivity index is 1.73. The summed E-state index contributed by atoms with van der Waals surface area (Å²) < 4.78 is 38.8. The minimum absolute atomic E-state index is 0.0102. The summed E-state index contributed by atoms with van der Waals surface area (Å²) in [5.74, 6) is 0.0449. The first-order chi connectivity index (χ1) is 15.7. The predicted octanol–water partition coefficient (Wildman–Crippen LogP) is 3.49. The van der Waals surface area contributed by atoms with Gasteiger partial charge < -0.3 is 14.8 Å². The number of amides is 1. The van der Waals surface area contributed by atoms with Crippen molar-refractivity contribution in [2.45, 2.75) is 38.0 Å². The summed E-state index contributed by atoms with van der Waals surface area (Å²) in [5.41, 5.74) is 0.670. The maximum atomic E-state index is 13.2. The lowest BCUT2D eigenvalue weighted by Gasteiger charge is -2.27. The number of piperidine rings is 1. The highest BCUT2D eigenvalue weighted by atomic mass is 32.2. The molecule has 1 heterocycles. The van der Waals surface area contributed by atoms with Crippen LogP contribution in [0.5, 0.6) is 11.5 Å². The molecular weight excluding hydrogens is 450 g/mol. The number of ether oxygens (including phenoxy) is 2. The molecule has 0 spiro atoms. The average molecular weight is 478 g/mol. The lowest BCUT2D eigenvalue weighted by molar-refractivity contribution is -0.385. The van der Waals surface area contributed by atoms with Crippen molar-refractivity contribution in [3.05, 3.63) is 52.1 Å². The topological polar surface area (TPSA) is 128 Å². The minimum Gasteiger partial charge on any atom is -0.492 e. The first-order valence-electron chi connectivity index (χ1n) is 10.7. The Morgan fingerprint density at radius 3 is 2.48 bits per heavy atom. The van der Waals surface area contributed by atoms with E-state index in [1.54, 1.807) is 19.9 Å². The van der Waals surface area contributed by atoms with Gasteiger partial charge in [-0.15, -0.1) is 0 Å². The van der Waals surface area contributed by atoms with Crippen LogP contribution in [0.4, 0.5) is 11.4 Å². The Labute approximate surface area is 192 Å². The number of sulfonamides is 1. The molecule has 3 rings (SSSR count). The number of rotatable bonds is 9. The number of nitro benzene ring substituents is 1. The first kappa shape index (κ1) is 24.5. The van der Waals surface area contributed by atoms with Gasteiger partial charge in [0.15, 0.2) is 6.61 Å². The maximum Gasteiger partial charge on any atom is 0.272 e. The Morgan fingerprint density at radius 2 is 1.85 bits per heavy atom. The molecule has 0 unspecified atom stereocenters. The standard InChI is InChI=1S/C22H27N3O7S/c1-3-31-20-10-7-17(14-21(20)33(29,30)24-11-5-4-6-12-24)23-22(26)15-32-18-8-9-19(25(27)28)16(2)13-18/h7-10,13-14H,3-6,11-12,15H2,1-2H3,(H,23,26). The van der Waals surface area contributed by atoms with E-state index in [0.717, 1.165) is 19.3 Å². The van der Waals surface area contributed by atoms with Gasteiger partial charge in [0.25, 0.3) is 11.6 Å². The number of nitrogens with one attached hydrogen (secondary N) is 1. The Hall–Kier alpha value is -3.18. The van der Waals surface area contributed by atoms with E-state index in [1.165, 1.54) is 34.6 Å². The van der Waals surface area contributed by atoms with Gasteiger partial charge in [-0.05, 0) is 57.0 Å². The minimum atomic E-state index is -3.77. The second-order valence-corrected chi connectivity index (χ2v) is 9.51. The highest BCUT2D eigenvalue weighted by Crippen LogP contribution is 2.31. The molecule has 178 valence electrons. The number of benzene rings is 2. The van der Waals surface area contributed by atoms with Crippen LogP contribution in [0.2, 0.25) is 0 Å². The molecule has 1 fully saturated rings. The van der Waals surface area contributed by atoms with Gasteiger partial charge in [-0.3, -0.25) is 14.9 Å². The van der Waals surface area contributed by atoms with Gasteiger partial charge in [-0.2, -0.15) is 4.31 Å². The zero-order chi connectivity index (χ0) is 24.0. The molecule has 0 saturated carbocycles. The molecule has 1 aliphatic heterocycles. The third-order valence-electron chi connectivity index (χ3n) is 5.20. The number of carbonyl (C=O) groups is 1. The van der Waals surface area contributed by atoms with Gasteiger partial charge in [-0.1, -0.05) is 6.42 Å². The summed E-state index contributed by atoms with van der Waals surface area (Å²) in [6.45, 7) is 4.20. The molecule has 11 heteroatoms. The van der Waals surface area contributed by atoms with E-state index in [-0.39, 0.29) is 22.9 Å². The molecule has 1 saturated heterocycles. The van der Waals surface area contributed by atoms with E-state index in [2.05, 4.69) is 5.32 Å². The number of aryl methyl sites for hydroxylation is 1. The molecule has 0 aliphatic carbocycles. The maximum absolute atomic E-state index is 13.2. The second kappa shape index (κ2) is 10.6. The van der Waals surface area contributed by atoms with E-state index in [4.69, 9.17) is 9.47 Å². The van der Waals surface area contributed by atoms with Crippen LogP contribution in [-0.2, 0) is 14.8 Å². The Bertz CT molecular complexity index is 1130. The van der Waals surface area contributed by atoms with Crippen molar-refractivity contribution in [2.75, 3.05) is 31.6 Å². The fraction of sp³-hybridized carbons (Fsp3) is 0.409. The van der Waals surface area contributed by atoms with E-state index in [1.807, 2.05) is 0 Å². The van der Waals surface area contributed by atoms with Crippen LogP contribution in [0.3, 0.4) is 0 Å².